The van der Waals surface area contributed by atoms with Crippen LogP contribution >= 0.6 is 0 Å². The molecular weight excluding hydrogens is 669 g/mol. The Morgan fingerprint density at radius 3 is 1.75 bits per heavy atom. The van der Waals surface area contributed by atoms with Crippen molar-refractivity contribution in [2.45, 2.75) is 5.41 Å². The number of nitrogens with zero attached hydrogens (tertiary/aromatic N) is 3. The Morgan fingerprint density at radius 1 is 0.491 bits per heavy atom. The van der Waals surface area contributed by atoms with Crippen molar-refractivity contribution < 1.29 is 4.74 Å². The van der Waals surface area contributed by atoms with Crippen LogP contribution in [0.1, 0.15) is 27.8 Å². The second-order valence-electron chi connectivity index (χ2n) is 14.3. The molecular formula is C50H32BN3O. The quantitative estimate of drug-likeness (QED) is 0.171. The second kappa shape index (κ2) is 12.1. The van der Waals surface area contributed by atoms with Gasteiger partial charge in [-0.15, -0.1) is 0 Å². The summed E-state index contributed by atoms with van der Waals surface area (Å²) in [5.74, 6) is 1.56. The smallest absolute Gasteiger partial charge is 0.247 e. The Bertz CT molecular complexity index is 2780. The minimum absolute atomic E-state index is 0.0626. The molecule has 0 aliphatic carbocycles. The van der Waals surface area contributed by atoms with Crippen molar-refractivity contribution in [3.05, 3.63) is 222 Å². The first-order chi connectivity index (χ1) is 27.3. The third kappa shape index (κ3) is 4.40. The molecule has 11 rings (SSSR count). The molecule has 0 fully saturated rings. The van der Waals surface area contributed by atoms with Gasteiger partial charge in [0.05, 0.1) is 34.1 Å². The summed E-state index contributed by atoms with van der Waals surface area (Å²) in [6.45, 7) is -0.0626. The van der Waals surface area contributed by atoms with Gasteiger partial charge in [-0.1, -0.05) is 139 Å². The molecule has 0 spiro atoms. The first-order valence-electron chi connectivity index (χ1n) is 18.7. The molecule has 0 aromatic heterocycles. The lowest BCUT2D eigenvalue weighted by molar-refractivity contribution is 0.478. The number of hydrogen-bond donors (Lipinski definition) is 0. The van der Waals surface area contributed by atoms with Gasteiger partial charge in [0.1, 0.15) is 0 Å². The molecule has 8 aromatic rings. The molecule has 55 heavy (non-hydrogen) atoms. The summed E-state index contributed by atoms with van der Waals surface area (Å²) in [5.41, 5.74) is 14.6. The number of rotatable bonds is 4. The molecule has 3 aliphatic rings. The summed E-state index contributed by atoms with van der Waals surface area (Å²) in [6, 6.07) is 71.4. The van der Waals surface area contributed by atoms with Crippen LogP contribution in [0.25, 0.3) is 0 Å². The predicted molar refractivity (Wildman–Crippen MR) is 224 cm³/mol. The van der Waals surface area contributed by atoms with Gasteiger partial charge in [0.2, 0.25) is 6.71 Å². The highest BCUT2D eigenvalue weighted by molar-refractivity contribution is 6.99. The minimum Gasteiger partial charge on any atom is -0.451 e. The first-order valence-corrected chi connectivity index (χ1v) is 18.7. The lowest BCUT2D eigenvalue weighted by Gasteiger charge is -2.50. The fourth-order valence-corrected chi connectivity index (χ4v) is 9.45. The summed E-state index contributed by atoms with van der Waals surface area (Å²) in [5, 5.41) is 9.77. The van der Waals surface area contributed by atoms with Crippen LogP contribution in [0.2, 0.25) is 0 Å². The van der Waals surface area contributed by atoms with Crippen LogP contribution in [0.4, 0.5) is 34.1 Å². The normalized spacial score (nSPS) is 14.0. The largest absolute Gasteiger partial charge is 0.451 e. The number of fused-ring (bicyclic) bond motifs is 7. The van der Waals surface area contributed by atoms with E-state index in [-0.39, 0.29) is 6.71 Å². The lowest BCUT2D eigenvalue weighted by Crippen LogP contribution is -2.65. The van der Waals surface area contributed by atoms with Crippen molar-refractivity contribution in [1.29, 1.82) is 5.26 Å². The van der Waals surface area contributed by atoms with E-state index < -0.39 is 5.41 Å². The van der Waals surface area contributed by atoms with E-state index in [9.17, 15) is 5.26 Å². The first kappa shape index (κ1) is 31.3. The zero-order valence-electron chi connectivity index (χ0n) is 29.8. The zero-order chi connectivity index (χ0) is 36.5. The van der Waals surface area contributed by atoms with Crippen molar-refractivity contribution in [3.8, 4) is 17.6 Å². The van der Waals surface area contributed by atoms with Crippen LogP contribution in [0, 0.1) is 11.3 Å². The van der Waals surface area contributed by atoms with Gasteiger partial charge in [-0.2, -0.15) is 5.26 Å². The molecule has 3 heterocycles. The maximum absolute atomic E-state index is 9.77. The van der Waals surface area contributed by atoms with Crippen LogP contribution < -0.4 is 30.9 Å². The number of nitriles is 1. The van der Waals surface area contributed by atoms with Crippen LogP contribution in [0.5, 0.6) is 11.5 Å². The fraction of sp³-hybridized carbons (Fsp3) is 0.0200. The minimum atomic E-state index is -0.684. The molecule has 0 N–H and O–H groups in total. The summed E-state index contributed by atoms with van der Waals surface area (Å²) >= 11 is 0. The van der Waals surface area contributed by atoms with E-state index in [2.05, 4.69) is 180 Å². The third-order valence-electron chi connectivity index (χ3n) is 11.6. The lowest BCUT2D eigenvalue weighted by atomic mass is 9.29. The highest BCUT2D eigenvalue weighted by atomic mass is 16.5. The number of ether oxygens (including phenoxy) is 1. The van der Waals surface area contributed by atoms with E-state index in [4.69, 9.17) is 4.74 Å². The monoisotopic (exact) mass is 701 g/mol. The van der Waals surface area contributed by atoms with Crippen molar-refractivity contribution in [3.63, 3.8) is 0 Å². The summed E-state index contributed by atoms with van der Waals surface area (Å²) < 4.78 is 7.24. The van der Waals surface area contributed by atoms with Gasteiger partial charge in [0.25, 0.3) is 0 Å². The molecule has 8 aromatic carbocycles. The molecule has 3 aliphatic heterocycles. The number of hydrogen-bond acceptors (Lipinski definition) is 4. The Kier molecular flexibility index (Phi) is 6.89. The second-order valence-corrected chi connectivity index (χ2v) is 14.3. The Balaban J connectivity index is 1.36. The standard InChI is InChI=1S/C50H32BN3O/c52-33-34-28-30-38(31-29-34)53-44-26-14-15-27-46(44)55-49-45(53)32-40-47-48(49)54(37-20-8-3-9-21-37)43-25-13-12-24-42(43)51(47)41-23-11-10-22-39(41)50(40,35-16-4-1-5-17-35)36-18-6-2-7-19-36/h1-32H. The van der Waals surface area contributed by atoms with E-state index in [1.807, 2.05) is 30.3 Å². The van der Waals surface area contributed by atoms with Gasteiger partial charge in [0, 0.05) is 17.1 Å². The Hall–Kier alpha value is -7.29. The van der Waals surface area contributed by atoms with Gasteiger partial charge in [-0.05, 0) is 93.8 Å². The van der Waals surface area contributed by atoms with E-state index in [1.54, 1.807) is 0 Å². The maximum Gasteiger partial charge on any atom is 0.247 e. The topological polar surface area (TPSA) is 39.5 Å². The number of para-hydroxylation sites is 4. The highest BCUT2D eigenvalue weighted by Crippen LogP contribution is 2.59. The number of anilines is 6. The van der Waals surface area contributed by atoms with Crippen molar-refractivity contribution in [2.24, 2.45) is 0 Å². The van der Waals surface area contributed by atoms with E-state index >= 15 is 0 Å². The average molecular weight is 702 g/mol. The molecule has 0 saturated carbocycles. The van der Waals surface area contributed by atoms with Gasteiger partial charge in [-0.3, -0.25) is 0 Å². The molecule has 5 heteroatoms. The van der Waals surface area contributed by atoms with Crippen LogP contribution in [0.3, 0.4) is 0 Å². The van der Waals surface area contributed by atoms with Crippen molar-refractivity contribution >= 4 is 57.2 Å². The van der Waals surface area contributed by atoms with Gasteiger partial charge in [0.15, 0.2) is 11.5 Å². The Morgan fingerprint density at radius 2 is 1.05 bits per heavy atom. The molecule has 256 valence electrons. The van der Waals surface area contributed by atoms with Crippen molar-refractivity contribution in [2.75, 3.05) is 9.80 Å². The van der Waals surface area contributed by atoms with Gasteiger partial charge < -0.3 is 14.5 Å². The average Bonchev–Trinajstić information content (AvgIpc) is 3.26. The zero-order valence-corrected chi connectivity index (χ0v) is 29.8. The molecule has 0 radical (unpaired) electrons. The van der Waals surface area contributed by atoms with E-state index in [1.165, 1.54) is 38.6 Å². The van der Waals surface area contributed by atoms with Crippen LogP contribution in [0.15, 0.2) is 194 Å². The summed E-state index contributed by atoms with van der Waals surface area (Å²) in [6.07, 6.45) is 0. The molecule has 0 amide bonds. The summed E-state index contributed by atoms with van der Waals surface area (Å²) in [4.78, 5) is 4.73. The van der Waals surface area contributed by atoms with Crippen molar-refractivity contribution in [1.82, 2.24) is 0 Å². The third-order valence-corrected chi connectivity index (χ3v) is 11.6. The molecule has 4 nitrogen and oxygen atoms in total. The summed E-state index contributed by atoms with van der Waals surface area (Å²) in [7, 11) is 0. The molecule has 0 atom stereocenters. The Labute approximate surface area is 320 Å². The highest BCUT2D eigenvalue weighted by Gasteiger charge is 2.53. The molecule has 0 bridgehead atoms. The van der Waals surface area contributed by atoms with E-state index in [0.717, 1.165) is 45.6 Å². The fourth-order valence-electron chi connectivity index (χ4n) is 9.45. The van der Waals surface area contributed by atoms with Crippen LogP contribution in [-0.2, 0) is 5.41 Å². The molecule has 0 saturated heterocycles. The van der Waals surface area contributed by atoms with E-state index in [0.29, 0.717) is 5.56 Å². The number of benzene rings is 8. The SMILES string of the molecule is N#Cc1ccc(N2c3ccccc3Oc3c2cc2c4c3N(c3ccccc3)c3ccccc3B4c3ccccc3C2(c2ccccc2)c2ccccc2)cc1. The van der Waals surface area contributed by atoms with Crippen LogP contribution in [-0.4, -0.2) is 6.71 Å². The van der Waals surface area contributed by atoms with Gasteiger partial charge >= 0.3 is 0 Å². The predicted octanol–water partition coefficient (Wildman–Crippen LogP) is 10.1. The maximum atomic E-state index is 9.77. The van der Waals surface area contributed by atoms with Gasteiger partial charge in [-0.25, -0.2) is 0 Å². The molecule has 0 unspecified atom stereocenters.